The van der Waals surface area contributed by atoms with Gasteiger partial charge in [0.05, 0.1) is 0 Å². The van der Waals surface area contributed by atoms with Crippen LogP contribution in [0, 0.1) is 0 Å². The first kappa shape index (κ1) is 25.8. The van der Waals surface area contributed by atoms with E-state index in [-0.39, 0.29) is 0 Å². The van der Waals surface area contributed by atoms with Gasteiger partial charge in [0, 0.05) is 36.9 Å². The molecule has 0 N–H and O–H groups in total. The Balaban J connectivity index is 1.24. The van der Waals surface area contributed by atoms with Gasteiger partial charge in [0.1, 0.15) is 0 Å². The van der Waals surface area contributed by atoms with Gasteiger partial charge in [0.2, 0.25) is 0 Å². The first-order chi connectivity index (χ1) is 22.3. The van der Waals surface area contributed by atoms with Crippen LogP contribution in [-0.4, -0.2) is 15.0 Å². The van der Waals surface area contributed by atoms with Crippen LogP contribution < -0.4 is 0 Å². The Morgan fingerprint density at radius 1 is 0.356 bits per heavy atom. The summed E-state index contributed by atoms with van der Waals surface area (Å²) in [6, 6.07) is 53.4. The molecule has 210 valence electrons. The topological polar surface area (TPSA) is 38.7 Å². The fraction of sp³-hybridized carbons (Fsp3) is 0. The third-order valence-electron chi connectivity index (χ3n) is 8.51. The molecule has 7 aromatic carbocycles. The molecular weight excluding hydrogens is 567 g/mol. The number of rotatable bonds is 4. The summed E-state index contributed by atoms with van der Waals surface area (Å²) in [7, 11) is 0. The van der Waals surface area contributed by atoms with Gasteiger partial charge in [-0.3, -0.25) is 0 Å². The highest BCUT2D eigenvalue weighted by Crippen LogP contribution is 2.41. The monoisotopic (exact) mass is 591 g/mol. The Morgan fingerprint density at radius 3 is 1.76 bits per heavy atom. The van der Waals surface area contributed by atoms with Crippen LogP contribution in [0.4, 0.5) is 0 Å². The van der Waals surface area contributed by atoms with Crippen molar-refractivity contribution in [3.05, 3.63) is 152 Å². The van der Waals surface area contributed by atoms with Gasteiger partial charge < -0.3 is 0 Å². The van der Waals surface area contributed by atoms with E-state index in [2.05, 4.69) is 91.0 Å². The molecule has 0 bridgehead atoms. The van der Waals surface area contributed by atoms with Gasteiger partial charge in [-0.2, -0.15) is 0 Å². The molecule has 2 aromatic heterocycles. The third kappa shape index (κ3) is 4.46. The van der Waals surface area contributed by atoms with Gasteiger partial charge in [-0.05, 0) is 56.9 Å². The van der Waals surface area contributed by atoms with E-state index in [0.29, 0.717) is 17.5 Å². The van der Waals surface area contributed by atoms with Crippen LogP contribution in [0.1, 0.15) is 0 Å². The van der Waals surface area contributed by atoms with Gasteiger partial charge in [0.25, 0.3) is 0 Å². The lowest BCUT2D eigenvalue weighted by Crippen LogP contribution is -2.00. The lowest BCUT2D eigenvalue weighted by Gasteiger charge is -2.10. The van der Waals surface area contributed by atoms with Crippen molar-refractivity contribution in [3.63, 3.8) is 0 Å². The smallest absolute Gasteiger partial charge is 0.164 e. The molecule has 0 atom stereocenters. The second-order valence-electron chi connectivity index (χ2n) is 11.3. The van der Waals surface area contributed by atoms with Crippen molar-refractivity contribution in [2.24, 2.45) is 0 Å². The van der Waals surface area contributed by atoms with Crippen LogP contribution in [0.25, 0.3) is 87.0 Å². The number of fused-ring (bicyclic) bond motifs is 6. The average molecular weight is 592 g/mol. The minimum atomic E-state index is 0.667. The molecule has 0 spiro atoms. The maximum Gasteiger partial charge on any atom is 0.164 e. The fourth-order valence-corrected chi connectivity index (χ4v) is 7.43. The minimum Gasteiger partial charge on any atom is -0.208 e. The Labute approximate surface area is 264 Å². The summed E-state index contributed by atoms with van der Waals surface area (Å²) in [4.78, 5) is 15.0. The molecule has 0 aliphatic carbocycles. The second-order valence-corrected chi connectivity index (χ2v) is 12.3. The Hall–Kier alpha value is -5.71. The van der Waals surface area contributed by atoms with E-state index >= 15 is 0 Å². The zero-order valence-corrected chi connectivity index (χ0v) is 25.0. The maximum absolute atomic E-state index is 5.06. The molecule has 0 unspecified atom stereocenters. The number of hydrogen-bond acceptors (Lipinski definition) is 4. The predicted molar refractivity (Wildman–Crippen MR) is 189 cm³/mol. The predicted octanol–water partition coefficient (Wildman–Crippen LogP) is 11.2. The Morgan fingerprint density at radius 2 is 0.978 bits per heavy atom. The summed E-state index contributed by atoms with van der Waals surface area (Å²) in [6.45, 7) is 0. The average Bonchev–Trinajstić information content (AvgIpc) is 3.50. The van der Waals surface area contributed by atoms with Crippen molar-refractivity contribution in [1.29, 1.82) is 0 Å². The van der Waals surface area contributed by atoms with Gasteiger partial charge in [0.15, 0.2) is 17.5 Å². The zero-order valence-electron chi connectivity index (χ0n) is 24.2. The van der Waals surface area contributed by atoms with Crippen molar-refractivity contribution in [3.8, 4) is 45.3 Å². The molecule has 45 heavy (non-hydrogen) atoms. The summed E-state index contributed by atoms with van der Waals surface area (Å²) in [5.74, 6) is 2.01. The highest BCUT2D eigenvalue weighted by molar-refractivity contribution is 7.26. The number of hydrogen-bond donors (Lipinski definition) is 0. The standard InChI is InChI=1S/C41H25N3S/c1-3-11-27(12-4-1)39-42-40(28-13-5-2-6-14-28)44-41(43-39)34-16-9-17-37-38(34)35-25-30(21-23-36(35)45-37)29-20-22-33-31(24-29)19-18-26-10-7-8-15-32(26)33/h1-25H. The minimum absolute atomic E-state index is 0.667. The summed E-state index contributed by atoms with van der Waals surface area (Å²) in [5, 5.41) is 7.46. The largest absolute Gasteiger partial charge is 0.208 e. The van der Waals surface area contributed by atoms with Crippen molar-refractivity contribution in [1.82, 2.24) is 15.0 Å². The molecule has 0 saturated heterocycles. The second kappa shape index (κ2) is 10.5. The quantitative estimate of drug-likeness (QED) is 0.191. The highest BCUT2D eigenvalue weighted by atomic mass is 32.1. The maximum atomic E-state index is 5.06. The summed E-state index contributed by atoms with van der Waals surface area (Å²) in [5.41, 5.74) is 5.34. The van der Waals surface area contributed by atoms with E-state index in [0.717, 1.165) is 16.7 Å². The van der Waals surface area contributed by atoms with Crippen molar-refractivity contribution < 1.29 is 0 Å². The van der Waals surface area contributed by atoms with Gasteiger partial charge in [-0.15, -0.1) is 11.3 Å². The number of benzene rings is 7. The van der Waals surface area contributed by atoms with Crippen molar-refractivity contribution in [2.45, 2.75) is 0 Å². The summed E-state index contributed by atoms with van der Waals surface area (Å²) >= 11 is 1.81. The molecule has 9 rings (SSSR count). The fourth-order valence-electron chi connectivity index (χ4n) is 6.31. The van der Waals surface area contributed by atoms with Gasteiger partial charge >= 0.3 is 0 Å². The molecule has 4 heteroatoms. The Bertz CT molecular complexity index is 2480. The van der Waals surface area contributed by atoms with Crippen LogP contribution in [0.15, 0.2) is 152 Å². The first-order valence-corrected chi connectivity index (χ1v) is 15.8. The molecule has 9 aromatic rings. The number of thiophene rings is 1. The lowest BCUT2D eigenvalue weighted by molar-refractivity contribution is 1.08. The molecule has 0 fully saturated rings. The molecule has 3 nitrogen and oxygen atoms in total. The molecule has 0 aliphatic heterocycles. The van der Waals surface area contributed by atoms with Crippen LogP contribution in [0.3, 0.4) is 0 Å². The SMILES string of the molecule is c1ccc(-c2nc(-c3ccccc3)nc(-c3cccc4sc5ccc(-c6ccc7c(ccc8ccccc87)c6)cc5c34)n2)cc1. The number of aromatic nitrogens is 3. The van der Waals surface area contributed by atoms with E-state index in [1.807, 2.05) is 72.0 Å². The lowest BCUT2D eigenvalue weighted by atomic mass is 9.96. The number of nitrogens with zero attached hydrogens (tertiary/aromatic N) is 3. The zero-order chi connectivity index (χ0) is 29.7. The summed E-state index contributed by atoms with van der Waals surface area (Å²) in [6.07, 6.45) is 0. The Kier molecular flexibility index (Phi) is 6.00. The van der Waals surface area contributed by atoms with Crippen molar-refractivity contribution >= 4 is 53.1 Å². The first-order valence-electron chi connectivity index (χ1n) is 15.0. The van der Waals surface area contributed by atoms with Gasteiger partial charge in [-0.1, -0.05) is 127 Å². The molecule has 0 saturated carbocycles. The molecule has 2 heterocycles. The van der Waals surface area contributed by atoms with Crippen LogP contribution in [0.2, 0.25) is 0 Å². The normalized spacial score (nSPS) is 11.6. The van der Waals surface area contributed by atoms with E-state index in [9.17, 15) is 0 Å². The van der Waals surface area contributed by atoms with Gasteiger partial charge in [-0.25, -0.2) is 15.0 Å². The van der Waals surface area contributed by atoms with E-state index in [1.165, 1.54) is 52.8 Å². The molecular formula is C41H25N3S. The van der Waals surface area contributed by atoms with Crippen molar-refractivity contribution in [2.75, 3.05) is 0 Å². The van der Waals surface area contributed by atoms with E-state index in [4.69, 9.17) is 15.0 Å². The van der Waals surface area contributed by atoms with Crippen LogP contribution >= 0.6 is 11.3 Å². The van der Waals surface area contributed by atoms with E-state index < -0.39 is 0 Å². The molecule has 0 radical (unpaired) electrons. The molecule has 0 aliphatic rings. The van der Waals surface area contributed by atoms with E-state index in [1.54, 1.807) is 0 Å². The van der Waals surface area contributed by atoms with Crippen LogP contribution in [-0.2, 0) is 0 Å². The summed E-state index contributed by atoms with van der Waals surface area (Å²) < 4.78 is 2.46. The molecule has 0 amide bonds. The third-order valence-corrected chi connectivity index (χ3v) is 9.65. The highest BCUT2D eigenvalue weighted by Gasteiger charge is 2.17. The van der Waals surface area contributed by atoms with Crippen LogP contribution in [0.5, 0.6) is 0 Å².